The molecule has 15 heavy (non-hydrogen) atoms. The minimum Gasteiger partial charge on any atom is -0.384 e. The maximum Gasteiger partial charge on any atom is 0.104 e. The molecule has 0 bridgehead atoms. The van der Waals surface area contributed by atoms with E-state index in [1.807, 2.05) is 12.1 Å². The summed E-state index contributed by atoms with van der Waals surface area (Å²) in [5.74, 6) is 0. The van der Waals surface area contributed by atoms with Crippen LogP contribution in [-0.4, -0.2) is 5.11 Å². The third kappa shape index (κ3) is 3.09. The molecule has 1 heteroatoms. The number of hydrogen-bond donors (Lipinski definition) is 1. The normalized spacial score (nSPS) is 13.1. The lowest BCUT2D eigenvalue weighted by molar-refractivity contribution is 0.229. The average Bonchev–Trinajstić information content (AvgIpc) is 2.17. The first-order valence-corrected chi connectivity index (χ1v) is 5.09. The van der Waals surface area contributed by atoms with Crippen molar-refractivity contribution in [2.24, 2.45) is 0 Å². The SMILES string of the molecule is C=C=CC(O)c1ccc(C(C)(C)C)cc1. The van der Waals surface area contributed by atoms with Crippen molar-refractivity contribution in [2.45, 2.75) is 32.3 Å². The van der Waals surface area contributed by atoms with Crippen LogP contribution in [0.4, 0.5) is 0 Å². The highest BCUT2D eigenvalue weighted by Crippen LogP contribution is 2.24. The van der Waals surface area contributed by atoms with Crippen molar-refractivity contribution >= 4 is 0 Å². The lowest BCUT2D eigenvalue weighted by atomic mass is 9.86. The van der Waals surface area contributed by atoms with Crippen LogP contribution in [0.25, 0.3) is 0 Å². The molecule has 0 aliphatic heterocycles. The van der Waals surface area contributed by atoms with Crippen LogP contribution < -0.4 is 0 Å². The molecule has 1 rings (SSSR count). The lowest BCUT2D eigenvalue weighted by Crippen LogP contribution is -2.10. The maximum atomic E-state index is 9.66. The Balaban J connectivity index is 2.95. The van der Waals surface area contributed by atoms with Gasteiger partial charge >= 0.3 is 0 Å². The first-order valence-electron chi connectivity index (χ1n) is 5.09. The van der Waals surface area contributed by atoms with Crippen molar-refractivity contribution in [3.05, 3.63) is 53.8 Å². The van der Waals surface area contributed by atoms with E-state index in [0.29, 0.717) is 0 Å². The molecule has 0 spiro atoms. The Kier molecular flexibility index (Phi) is 3.52. The van der Waals surface area contributed by atoms with E-state index in [1.54, 1.807) is 6.08 Å². The molecule has 1 unspecified atom stereocenters. The van der Waals surface area contributed by atoms with Crippen molar-refractivity contribution < 1.29 is 5.11 Å². The Morgan fingerprint density at radius 1 is 1.27 bits per heavy atom. The molecule has 80 valence electrons. The highest BCUT2D eigenvalue weighted by atomic mass is 16.3. The van der Waals surface area contributed by atoms with Gasteiger partial charge in [0.2, 0.25) is 0 Å². The van der Waals surface area contributed by atoms with E-state index in [9.17, 15) is 5.11 Å². The largest absolute Gasteiger partial charge is 0.384 e. The highest BCUT2D eigenvalue weighted by molar-refractivity contribution is 5.29. The van der Waals surface area contributed by atoms with Crippen LogP contribution in [0.1, 0.15) is 38.0 Å². The van der Waals surface area contributed by atoms with Gasteiger partial charge in [0.05, 0.1) is 0 Å². The summed E-state index contributed by atoms with van der Waals surface area (Å²) < 4.78 is 0. The maximum absolute atomic E-state index is 9.66. The minimum atomic E-state index is -0.600. The number of rotatable bonds is 2. The zero-order chi connectivity index (χ0) is 11.5. The van der Waals surface area contributed by atoms with Crippen LogP contribution in [0.2, 0.25) is 0 Å². The van der Waals surface area contributed by atoms with E-state index >= 15 is 0 Å². The number of hydrogen-bond acceptors (Lipinski definition) is 1. The second-order valence-electron chi connectivity index (χ2n) is 4.69. The molecule has 1 atom stereocenters. The van der Waals surface area contributed by atoms with Crippen LogP contribution in [0.5, 0.6) is 0 Å². The van der Waals surface area contributed by atoms with E-state index in [2.05, 4.69) is 45.2 Å². The van der Waals surface area contributed by atoms with Gasteiger partial charge in [0, 0.05) is 0 Å². The topological polar surface area (TPSA) is 20.2 Å². The Bertz CT molecular complexity index is 361. The molecule has 0 heterocycles. The predicted octanol–water partition coefficient (Wildman–Crippen LogP) is 3.36. The molecular formula is C14H18O. The van der Waals surface area contributed by atoms with Crippen molar-refractivity contribution in [1.82, 2.24) is 0 Å². The molecule has 0 saturated carbocycles. The second-order valence-corrected chi connectivity index (χ2v) is 4.69. The predicted molar refractivity (Wildman–Crippen MR) is 63.8 cm³/mol. The van der Waals surface area contributed by atoms with Gasteiger partial charge in [0.1, 0.15) is 6.10 Å². The fraction of sp³-hybridized carbons (Fsp3) is 0.357. The quantitative estimate of drug-likeness (QED) is 0.729. The zero-order valence-corrected chi connectivity index (χ0v) is 9.62. The summed E-state index contributed by atoms with van der Waals surface area (Å²) in [5, 5.41) is 9.66. The lowest BCUT2D eigenvalue weighted by Gasteiger charge is -2.19. The standard InChI is InChI=1S/C14H18O/c1-5-6-13(15)11-7-9-12(10-8-11)14(2,3)4/h6-10,13,15H,1H2,2-4H3. The molecule has 0 fully saturated rings. The van der Waals surface area contributed by atoms with Gasteiger partial charge in [-0.05, 0) is 22.6 Å². The summed E-state index contributed by atoms with van der Waals surface area (Å²) in [6, 6.07) is 7.99. The van der Waals surface area contributed by atoms with E-state index in [-0.39, 0.29) is 5.41 Å². The molecule has 1 nitrogen and oxygen atoms in total. The Morgan fingerprint density at radius 3 is 2.20 bits per heavy atom. The Labute approximate surface area is 91.8 Å². The highest BCUT2D eigenvalue weighted by Gasteiger charge is 2.13. The third-order valence-electron chi connectivity index (χ3n) is 2.39. The van der Waals surface area contributed by atoms with Crippen molar-refractivity contribution in [2.75, 3.05) is 0 Å². The molecule has 0 aliphatic rings. The summed E-state index contributed by atoms with van der Waals surface area (Å²) in [6.45, 7) is 9.95. The van der Waals surface area contributed by atoms with Gasteiger partial charge in [-0.15, -0.1) is 5.73 Å². The van der Waals surface area contributed by atoms with Gasteiger partial charge in [-0.25, -0.2) is 0 Å². The first kappa shape index (κ1) is 11.8. The number of aliphatic hydroxyl groups is 1. The van der Waals surface area contributed by atoms with E-state index in [0.717, 1.165) is 5.56 Å². The molecule has 1 N–H and O–H groups in total. The van der Waals surface area contributed by atoms with Crippen LogP contribution >= 0.6 is 0 Å². The Hall–Kier alpha value is -1.30. The van der Waals surface area contributed by atoms with E-state index in [4.69, 9.17) is 0 Å². The number of benzene rings is 1. The third-order valence-corrected chi connectivity index (χ3v) is 2.39. The molecular weight excluding hydrogens is 184 g/mol. The zero-order valence-electron chi connectivity index (χ0n) is 9.62. The van der Waals surface area contributed by atoms with Gasteiger partial charge in [-0.3, -0.25) is 0 Å². The van der Waals surface area contributed by atoms with Gasteiger partial charge in [-0.2, -0.15) is 0 Å². The Morgan fingerprint density at radius 2 is 1.80 bits per heavy atom. The molecule has 1 aromatic carbocycles. The van der Waals surface area contributed by atoms with Gasteiger partial charge < -0.3 is 5.11 Å². The summed E-state index contributed by atoms with van der Waals surface area (Å²) in [6.07, 6.45) is 0.947. The first-order chi connectivity index (χ1) is 6.95. The minimum absolute atomic E-state index is 0.151. The van der Waals surface area contributed by atoms with E-state index < -0.39 is 6.10 Å². The van der Waals surface area contributed by atoms with Crippen molar-refractivity contribution in [3.63, 3.8) is 0 Å². The van der Waals surface area contributed by atoms with Gasteiger partial charge in [0.15, 0.2) is 0 Å². The van der Waals surface area contributed by atoms with Crippen molar-refractivity contribution in [1.29, 1.82) is 0 Å². The molecule has 0 saturated heterocycles. The molecule has 0 aromatic heterocycles. The fourth-order valence-corrected chi connectivity index (χ4v) is 1.39. The van der Waals surface area contributed by atoms with E-state index in [1.165, 1.54) is 5.56 Å². The van der Waals surface area contributed by atoms with Crippen molar-refractivity contribution in [3.8, 4) is 0 Å². The summed E-state index contributed by atoms with van der Waals surface area (Å²) in [5.41, 5.74) is 4.88. The summed E-state index contributed by atoms with van der Waals surface area (Å²) in [7, 11) is 0. The van der Waals surface area contributed by atoms with Crippen LogP contribution in [0.3, 0.4) is 0 Å². The smallest absolute Gasteiger partial charge is 0.104 e. The molecule has 1 aromatic rings. The molecule has 0 radical (unpaired) electrons. The average molecular weight is 202 g/mol. The summed E-state index contributed by atoms with van der Waals surface area (Å²) in [4.78, 5) is 0. The van der Waals surface area contributed by atoms with Crippen LogP contribution in [0, 0.1) is 0 Å². The van der Waals surface area contributed by atoms with Gasteiger partial charge in [-0.1, -0.05) is 51.6 Å². The van der Waals surface area contributed by atoms with Gasteiger partial charge in [0.25, 0.3) is 0 Å². The molecule has 0 aliphatic carbocycles. The number of aliphatic hydroxyl groups excluding tert-OH is 1. The van der Waals surface area contributed by atoms with Crippen LogP contribution in [-0.2, 0) is 5.41 Å². The second kappa shape index (κ2) is 4.48. The van der Waals surface area contributed by atoms with Crippen LogP contribution in [0.15, 0.2) is 42.7 Å². The molecule has 0 amide bonds. The summed E-state index contributed by atoms with van der Waals surface area (Å²) >= 11 is 0. The fourth-order valence-electron chi connectivity index (χ4n) is 1.39. The monoisotopic (exact) mass is 202 g/mol.